The number of pyridine rings is 1. The SMILES string of the molecule is CCOC(=O)c1ccc(N2CCN(C(=O)C(NC(=O)c3ccccc3)C(C)C)CC2)nc1. The summed E-state index contributed by atoms with van der Waals surface area (Å²) < 4.78 is 4.98. The van der Waals surface area contributed by atoms with Crippen LogP contribution in [-0.4, -0.2) is 66.5 Å². The van der Waals surface area contributed by atoms with E-state index in [9.17, 15) is 14.4 Å². The molecule has 0 bridgehead atoms. The highest BCUT2D eigenvalue weighted by Crippen LogP contribution is 2.16. The van der Waals surface area contributed by atoms with Gasteiger partial charge >= 0.3 is 5.97 Å². The topological polar surface area (TPSA) is 91.8 Å². The van der Waals surface area contributed by atoms with Gasteiger partial charge in [0, 0.05) is 37.9 Å². The molecular weight excluding hydrogens is 408 g/mol. The molecule has 1 unspecified atom stereocenters. The van der Waals surface area contributed by atoms with Gasteiger partial charge in [0.1, 0.15) is 11.9 Å². The Balaban J connectivity index is 1.58. The van der Waals surface area contributed by atoms with Crippen molar-refractivity contribution in [3.63, 3.8) is 0 Å². The third-order valence-corrected chi connectivity index (χ3v) is 5.43. The zero-order valence-corrected chi connectivity index (χ0v) is 18.8. The number of carbonyl (C=O) groups is 3. The van der Waals surface area contributed by atoms with Crippen LogP contribution in [0, 0.1) is 5.92 Å². The number of amides is 2. The van der Waals surface area contributed by atoms with Crippen LogP contribution in [0.25, 0.3) is 0 Å². The Hall–Kier alpha value is -3.42. The molecule has 0 saturated carbocycles. The predicted molar refractivity (Wildman–Crippen MR) is 122 cm³/mol. The summed E-state index contributed by atoms with van der Waals surface area (Å²) in [6.45, 7) is 8.24. The van der Waals surface area contributed by atoms with E-state index in [4.69, 9.17) is 4.74 Å². The molecular formula is C24H30N4O4. The van der Waals surface area contributed by atoms with Crippen LogP contribution >= 0.6 is 0 Å². The van der Waals surface area contributed by atoms with Crippen molar-refractivity contribution in [3.05, 3.63) is 59.8 Å². The van der Waals surface area contributed by atoms with Gasteiger partial charge in [-0.3, -0.25) is 9.59 Å². The lowest BCUT2D eigenvalue weighted by Gasteiger charge is -2.37. The Morgan fingerprint density at radius 2 is 1.69 bits per heavy atom. The quantitative estimate of drug-likeness (QED) is 0.668. The number of benzene rings is 1. The van der Waals surface area contributed by atoms with Gasteiger partial charge in [-0.2, -0.15) is 0 Å². The van der Waals surface area contributed by atoms with Crippen molar-refractivity contribution in [2.45, 2.75) is 26.8 Å². The molecule has 1 aromatic heterocycles. The zero-order chi connectivity index (χ0) is 23.1. The maximum Gasteiger partial charge on any atom is 0.339 e. The molecule has 1 atom stereocenters. The molecule has 1 N–H and O–H groups in total. The summed E-state index contributed by atoms with van der Waals surface area (Å²) in [6.07, 6.45) is 1.51. The number of hydrogen-bond acceptors (Lipinski definition) is 6. The fourth-order valence-corrected chi connectivity index (χ4v) is 3.59. The van der Waals surface area contributed by atoms with Crippen LogP contribution in [0.4, 0.5) is 5.82 Å². The number of piperazine rings is 1. The van der Waals surface area contributed by atoms with Gasteiger partial charge in [-0.1, -0.05) is 32.0 Å². The molecule has 0 aliphatic carbocycles. The van der Waals surface area contributed by atoms with E-state index in [1.807, 2.05) is 19.9 Å². The Bertz CT molecular complexity index is 923. The Labute approximate surface area is 188 Å². The average molecular weight is 439 g/mol. The third kappa shape index (κ3) is 5.63. The number of esters is 1. The maximum atomic E-state index is 13.2. The van der Waals surface area contributed by atoms with Gasteiger partial charge in [0.05, 0.1) is 12.2 Å². The molecule has 3 rings (SSSR count). The summed E-state index contributed by atoms with van der Waals surface area (Å²) in [7, 11) is 0. The fraction of sp³-hybridized carbons (Fsp3) is 0.417. The minimum Gasteiger partial charge on any atom is -0.462 e. The van der Waals surface area contributed by atoms with Crippen LogP contribution in [0.5, 0.6) is 0 Å². The van der Waals surface area contributed by atoms with Crippen molar-refractivity contribution in [2.24, 2.45) is 5.92 Å². The number of anilines is 1. The summed E-state index contributed by atoms with van der Waals surface area (Å²) in [4.78, 5) is 45.8. The van der Waals surface area contributed by atoms with Crippen LogP contribution in [0.2, 0.25) is 0 Å². The molecule has 0 spiro atoms. The average Bonchev–Trinajstić information content (AvgIpc) is 2.82. The van der Waals surface area contributed by atoms with Gasteiger partial charge < -0.3 is 19.9 Å². The summed E-state index contributed by atoms with van der Waals surface area (Å²) in [5, 5.41) is 2.90. The van der Waals surface area contributed by atoms with Crippen molar-refractivity contribution in [1.82, 2.24) is 15.2 Å². The van der Waals surface area contributed by atoms with Crippen LogP contribution in [0.15, 0.2) is 48.7 Å². The molecule has 0 radical (unpaired) electrons. The summed E-state index contributed by atoms with van der Waals surface area (Å²) >= 11 is 0. The number of hydrogen-bond donors (Lipinski definition) is 1. The number of ether oxygens (including phenoxy) is 1. The number of nitrogens with one attached hydrogen (secondary N) is 1. The summed E-state index contributed by atoms with van der Waals surface area (Å²) in [5.41, 5.74) is 0.950. The lowest BCUT2D eigenvalue weighted by atomic mass is 10.0. The van der Waals surface area contributed by atoms with Crippen molar-refractivity contribution in [3.8, 4) is 0 Å². The minimum absolute atomic E-state index is 0.0368. The zero-order valence-electron chi connectivity index (χ0n) is 18.8. The standard InChI is InChI=1S/C24H30N4O4/c1-4-32-24(31)19-10-11-20(25-16-19)27-12-14-28(15-13-27)23(30)21(17(2)3)26-22(29)18-8-6-5-7-9-18/h5-11,16-17,21H,4,12-15H2,1-3H3,(H,26,29). The first-order chi connectivity index (χ1) is 15.4. The van der Waals surface area contributed by atoms with Crippen molar-refractivity contribution in [1.29, 1.82) is 0 Å². The molecule has 1 aromatic carbocycles. The number of carbonyl (C=O) groups excluding carboxylic acids is 3. The minimum atomic E-state index is -0.587. The summed E-state index contributed by atoms with van der Waals surface area (Å²) in [6, 6.07) is 11.8. The molecule has 32 heavy (non-hydrogen) atoms. The number of rotatable bonds is 7. The highest BCUT2D eigenvalue weighted by atomic mass is 16.5. The second-order valence-corrected chi connectivity index (χ2v) is 8.00. The van der Waals surface area contributed by atoms with E-state index < -0.39 is 6.04 Å². The van der Waals surface area contributed by atoms with E-state index >= 15 is 0 Å². The molecule has 8 heteroatoms. The molecule has 2 amide bonds. The van der Waals surface area contributed by atoms with Crippen LogP contribution in [0.3, 0.4) is 0 Å². The first-order valence-electron chi connectivity index (χ1n) is 10.9. The molecule has 2 aromatic rings. The highest BCUT2D eigenvalue weighted by molar-refractivity contribution is 5.97. The maximum absolute atomic E-state index is 13.2. The van der Waals surface area contributed by atoms with Crippen molar-refractivity contribution >= 4 is 23.6 Å². The lowest BCUT2D eigenvalue weighted by Crippen LogP contribution is -2.56. The van der Waals surface area contributed by atoms with Crippen LogP contribution in [0.1, 0.15) is 41.5 Å². The van der Waals surface area contributed by atoms with E-state index in [0.717, 1.165) is 5.82 Å². The highest BCUT2D eigenvalue weighted by Gasteiger charge is 2.31. The molecule has 1 aliphatic heterocycles. The second kappa shape index (κ2) is 10.7. The molecule has 1 aliphatic rings. The molecule has 1 saturated heterocycles. The molecule has 8 nitrogen and oxygen atoms in total. The Kier molecular flexibility index (Phi) is 7.81. The summed E-state index contributed by atoms with van der Waals surface area (Å²) in [5.74, 6) is 0.00387. The van der Waals surface area contributed by atoms with E-state index in [1.54, 1.807) is 48.2 Å². The van der Waals surface area contributed by atoms with Crippen molar-refractivity contribution < 1.29 is 19.1 Å². The van der Waals surface area contributed by atoms with E-state index in [1.165, 1.54) is 6.20 Å². The first kappa shape index (κ1) is 23.2. The third-order valence-electron chi connectivity index (χ3n) is 5.43. The monoisotopic (exact) mass is 438 g/mol. The second-order valence-electron chi connectivity index (χ2n) is 8.00. The van der Waals surface area contributed by atoms with Gasteiger partial charge in [-0.25, -0.2) is 9.78 Å². The van der Waals surface area contributed by atoms with Crippen LogP contribution in [-0.2, 0) is 9.53 Å². The fourth-order valence-electron chi connectivity index (χ4n) is 3.59. The van der Waals surface area contributed by atoms with Gasteiger partial charge in [0.25, 0.3) is 5.91 Å². The lowest BCUT2D eigenvalue weighted by molar-refractivity contribution is -0.134. The smallest absolute Gasteiger partial charge is 0.339 e. The molecule has 2 heterocycles. The van der Waals surface area contributed by atoms with Crippen LogP contribution < -0.4 is 10.2 Å². The largest absolute Gasteiger partial charge is 0.462 e. The Morgan fingerprint density at radius 3 is 2.25 bits per heavy atom. The van der Waals surface area contributed by atoms with E-state index in [2.05, 4.69) is 15.2 Å². The van der Waals surface area contributed by atoms with E-state index in [-0.39, 0.29) is 23.7 Å². The molecule has 170 valence electrons. The normalized spacial score (nSPS) is 14.8. The number of nitrogens with zero attached hydrogens (tertiary/aromatic N) is 3. The predicted octanol–water partition coefficient (Wildman–Crippen LogP) is 2.36. The van der Waals surface area contributed by atoms with Gasteiger partial charge in [-0.05, 0) is 37.1 Å². The van der Waals surface area contributed by atoms with Gasteiger partial charge in [0.2, 0.25) is 5.91 Å². The first-order valence-corrected chi connectivity index (χ1v) is 10.9. The molecule has 1 fully saturated rings. The van der Waals surface area contributed by atoms with Crippen molar-refractivity contribution in [2.75, 3.05) is 37.7 Å². The van der Waals surface area contributed by atoms with Gasteiger partial charge in [0.15, 0.2) is 0 Å². The Morgan fingerprint density at radius 1 is 1.00 bits per heavy atom. The van der Waals surface area contributed by atoms with E-state index in [0.29, 0.717) is 43.9 Å². The number of aromatic nitrogens is 1. The van der Waals surface area contributed by atoms with Gasteiger partial charge in [-0.15, -0.1) is 0 Å².